The number of carbonyl (C=O) groups is 2. The topological polar surface area (TPSA) is 82.6 Å². The molecular formula is C19H26N2O4. The predicted octanol–water partition coefficient (Wildman–Crippen LogP) is 4.19. The van der Waals surface area contributed by atoms with Crippen LogP contribution in [0.3, 0.4) is 0 Å². The van der Waals surface area contributed by atoms with Gasteiger partial charge in [-0.15, -0.1) is 0 Å². The summed E-state index contributed by atoms with van der Waals surface area (Å²) in [5.74, 6) is -0.00985. The summed E-state index contributed by atoms with van der Waals surface area (Å²) in [6.07, 6.45) is 2.59. The van der Waals surface area contributed by atoms with Crippen molar-refractivity contribution in [2.75, 3.05) is 13.7 Å². The molecule has 0 saturated carbocycles. The number of hydrogen-bond acceptors (Lipinski definition) is 3. The van der Waals surface area contributed by atoms with Crippen molar-refractivity contribution >= 4 is 23.0 Å². The van der Waals surface area contributed by atoms with Gasteiger partial charge in [-0.3, -0.25) is 4.79 Å². The lowest BCUT2D eigenvalue weighted by Crippen LogP contribution is -2.31. The number of carbonyl (C=O) groups excluding carboxylic acids is 1. The van der Waals surface area contributed by atoms with E-state index in [2.05, 4.69) is 4.98 Å². The van der Waals surface area contributed by atoms with Gasteiger partial charge < -0.3 is 19.7 Å². The maximum atomic E-state index is 11.5. The molecule has 25 heavy (non-hydrogen) atoms. The van der Waals surface area contributed by atoms with Gasteiger partial charge in [0.15, 0.2) is 0 Å². The summed E-state index contributed by atoms with van der Waals surface area (Å²) >= 11 is 0. The van der Waals surface area contributed by atoms with Gasteiger partial charge in [-0.2, -0.15) is 0 Å². The lowest BCUT2D eigenvalue weighted by atomic mass is 9.91. The Kier molecular flexibility index (Phi) is 6.44. The highest BCUT2D eigenvalue weighted by Crippen LogP contribution is 2.30. The number of H-pyrrole nitrogens is 1. The predicted molar refractivity (Wildman–Crippen MR) is 96.5 cm³/mol. The minimum absolute atomic E-state index is 0.193. The van der Waals surface area contributed by atoms with Gasteiger partial charge in [0.1, 0.15) is 0 Å². The van der Waals surface area contributed by atoms with Crippen molar-refractivity contribution in [3.8, 4) is 0 Å². The Morgan fingerprint density at radius 3 is 2.76 bits per heavy atom. The number of nitrogens with zero attached hydrogens (tertiary/aromatic N) is 1. The van der Waals surface area contributed by atoms with E-state index in [9.17, 15) is 14.7 Å². The minimum atomic E-state index is -0.961. The Morgan fingerprint density at radius 2 is 2.08 bits per heavy atom. The number of carboxylic acid groups (broad SMARTS) is 1. The Labute approximate surface area is 147 Å². The molecule has 2 aromatic rings. The minimum Gasteiger partial charge on any atom is -0.466 e. The van der Waals surface area contributed by atoms with Crippen LogP contribution in [-0.2, 0) is 9.53 Å². The summed E-state index contributed by atoms with van der Waals surface area (Å²) in [6, 6.07) is 7.67. The van der Waals surface area contributed by atoms with E-state index in [1.165, 1.54) is 4.90 Å². The van der Waals surface area contributed by atoms with E-state index in [0.717, 1.165) is 16.5 Å². The SMILES string of the molecule is CCOC(=O)CCC(C)CC(c1ccc2[nH]ccc2c1)N(C)C(=O)O. The normalized spacial score (nSPS) is 13.4. The highest BCUT2D eigenvalue weighted by molar-refractivity contribution is 5.80. The Bertz CT molecular complexity index is 725. The molecule has 2 N–H and O–H groups in total. The van der Waals surface area contributed by atoms with Crippen molar-refractivity contribution in [2.45, 2.75) is 39.2 Å². The molecule has 0 bridgehead atoms. The van der Waals surface area contributed by atoms with E-state index in [0.29, 0.717) is 25.9 Å². The van der Waals surface area contributed by atoms with Crippen LogP contribution in [0.2, 0.25) is 0 Å². The fraction of sp³-hybridized carbons (Fsp3) is 0.474. The summed E-state index contributed by atoms with van der Waals surface area (Å²) in [6.45, 7) is 4.21. The van der Waals surface area contributed by atoms with Gasteiger partial charge in [0.05, 0.1) is 12.6 Å². The molecule has 0 aliphatic rings. The zero-order valence-electron chi connectivity index (χ0n) is 15.0. The maximum Gasteiger partial charge on any atom is 0.407 e. The second-order valence-corrected chi connectivity index (χ2v) is 6.42. The molecule has 0 radical (unpaired) electrons. The summed E-state index contributed by atoms with van der Waals surface area (Å²) < 4.78 is 4.96. The van der Waals surface area contributed by atoms with Gasteiger partial charge in [0.25, 0.3) is 0 Å². The zero-order chi connectivity index (χ0) is 18.4. The highest BCUT2D eigenvalue weighted by atomic mass is 16.5. The number of esters is 1. The number of ether oxygens (including phenoxy) is 1. The van der Waals surface area contributed by atoms with Gasteiger partial charge in [-0.25, -0.2) is 4.79 Å². The number of rotatable bonds is 8. The van der Waals surface area contributed by atoms with Gasteiger partial charge in [-0.1, -0.05) is 13.0 Å². The Balaban J connectivity index is 2.12. The number of hydrogen-bond donors (Lipinski definition) is 2. The molecule has 136 valence electrons. The average molecular weight is 346 g/mol. The van der Waals surface area contributed by atoms with Crippen molar-refractivity contribution in [3.05, 3.63) is 36.0 Å². The first-order valence-electron chi connectivity index (χ1n) is 8.60. The molecule has 0 spiro atoms. The van der Waals surface area contributed by atoms with E-state index < -0.39 is 6.09 Å². The van der Waals surface area contributed by atoms with Gasteiger partial charge in [0.2, 0.25) is 0 Å². The van der Waals surface area contributed by atoms with E-state index in [1.54, 1.807) is 14.0 Å². The third kappa shape index (κ3) is 4.98. The fourth-order valence-electron chi connectivity index (χ4n) is 3.03. The molecule has 0 fully saturated rings. The Morgan fingerprint density at radius 1 is 1.32 bits per heavy atom. The molecule has 0 aliphatic carbocycles. The molecule has 0 saturated heterocycles. The lowest BCUT2D eigenvalue weighted by Gasteiger charge is -2.28. The lowest BCUT2D eigenvalue weighted by molar-refractivity contribution is -0.143. The molecular weight excluding hydrogens is 320 g/mol. The first-order valence-corrected chi connectivity index (χ1v) is 8.60. The smallest absolute Gasteiger partial charge is 0.407 e. The summed E-state index contributed by atoms with van der Waals surface area (Å²) in [5, 5.41) is 10.5. The molecule has 2 rings (SSSR count). The number of amides is 1. The van der Waals surface area contributed by atoms with E-state index in [4.69, 9.17) is 4.74 Å². The number of benzene rings is 1. The van der Waals surface area contributed by atoms with Crippen LogP contribution < -0.4 is 0 Å². The van der Waals surface area contributed by atoms with Crippen LogP contribution in [0.1, 0.15) is 44.7 Å². The molecule has 0 aliphatic heterocycles. The van der Waals surface area contributed by atoms with E-state index >= 15 is 0 Å². The Hall–Kier alpha value is -2.50. The van der Waals surface area contributed by atoms with Gasteiger partial charge in [-0.05, 0) is 54.8 Å². The second-order valence-electron chi connectivity index (χ2n) is 6.42. The molecule has 6 heteroatoms. The van der Waals surface area contributed by atoms with Crippen LogP contribution in [0.5, 0.6) is 0 Å². The van der Waals surface area contributed by atoms with Crippen LogP contribution in [0.15, 0.2) is 30.5 Å². The van der Waals surface area contributed by atoms with Crippen LogP contribution >= 0.6 is 0 Å². The summed E-state index contributed by atoms with van der Waals surface area (Å²) in [5.41, 5.74) is 1.98. The largest absolute Gasteiger partial charge is 0.466 e. The first-order chi connectivity index (χ1) is 11.9. The fourth-order valence-corrected chi connectivity index (χ4v) is 3.03. The number of fused-ring (bicyclic) bond motifs is 1. The summed E-state index contributed by atoms with van der Waals surface area (Å²) in [7, 11) is 1.59. The van der Waals surface area contributed by atoms with Crippen LogP contribution in [0.25, 0.3) is 10.9 Å². The monoisotopic (exact) mass is 346 g/mol. The number of nitrogens with one attached hydrogen (secondary N) is 1. The van der Waals surface area contributed by atoms with Crippen LogP contribution in [0.4, 0.5) is 4.79 Å². The van der Waals surface area contributed by atoms with Crippen molar-refractivity contribution in [3.63, 3.8) is 0 Å². The van der Waals surface area contributed by atoms with Crippen molar-refractivity contribution < 1.29 is 19.4 Å². The molecule has 2 unspecified atom stereocenters. The van der Waals surface area contributed by atoms with Gasteiger partial charge in [0, 0.05) is 25.2 Å². The second kappa shape index (κ2) is 8.55. The zero-order valence-corrected chi connectivity index (χ0v) is 15.0. The average Bonchev–Trinajstić information content (AvgIpc) is 3.05. The third-order valence-corrected chi connectivity index (χ3v) is 4.50. The van der Waals surface area contributed by atoms with Crippen molar-refractivity contribution in [1.82, 2.24) is 9.88 Å². The number of aromatic amines is 1. The van der Waals surface area contributed by atoms with Crippen molar-refractivity contribution in [1.29, 1.82) is 0 Å². The molecule has 2 atom stereocenters. The third-order valence-electron chi connectivity index (χ3n) is 4.50. The molecule has 1 amide bonds. The molecule has 1 aromatic heterocycles. The quantitative estimate of drug-likeness (QED) is 0.702. The molecule has 6 nitrogen and oxygen atoms in total. The van der Waals surface area contributed by atoms with Crippen LogP contribution in [-0.4, -0.2) is 40.7 Å². The van der Waals surface area contributed by atoms with Gasteiger partial charge >= 0.3 is 12.1 Å². The first kappa shape index (κ1) is 18.8. The standard InChI is InChI=1S/C19H26N2O4/c1-4-25-18(22)8-5-13(2)11-17(21(3)19(23)24)15-6-7-16-14(12-15)9-10-20-16/h6-7,9-10,12-13,17,20H,4-5,8,11H2,1-3H3,(H,23,24). The van der Waals surface area contributed by atoms with Crippen LogP contribution in [0, 0.1) is 5.92 Å². The van der Waals surface area contributed by atoms with E-state index in [-0.39, 0.29) is 17.9 Å². The summed E-state index contributed by atoms with van der Waals surface area (Å²) in [4.78, 5) is 27.5. The molecule has 1 aromatic carbocycles. The maximum absolute atomic E-state index is 11.5. The molecule has 1 heterocycles. The van der Waals surface area contributed by atoms with Crippen molar-refractivity contribution in [2.24, 2.45) is 5.92 Å². The number of aromatic nitrogens is 1. The van der Waals surface area contributed by atoms with E-state index in [1.807, 2.05) is 37.4 Å². The highest BCUT2D eigenvalue weighted by Gasteiger charge is 2.24.